The van der Waals surface area contributed by atoms with E-state index < -0.39 is 35.7 Å². The van der Waals surface area contributed by atoms with Crippen molar-refractivity contribution in [3.05, 3.63) is 0 Å². The van der Waals surface area contributed by atoms with E-state index in [4.69, 9.17) is 0 Å². The molecule has 0 saturated carbocycles. The van der Waals surface area contributed by atoms with E-state index in [1.807, 2.05) is 6.92 Å². The van der Waals surface area contributed by atoms with E-state index in [2.05, 4.69) is 4.74 Å². The fourth-order valence-electron chi connectivity index (χ4n) is 3.67. The molecule has 3 atom stereocenters. The van der Waals surface area contributed by atoms with Crippen molar-refractivity contribution in [3.63, 3.8) is 0 Å². The molecule has 3 N–H and O–H groups in total. The molecular weight excluding hydrogens is 392 g/mol. The number of ether oxygens (including phenoxy) is 1. The molecule has 0 aliphatic heterocycles. The van der Waals surface area contributed by atoms with Crippen molar-refractivity contribution in [2.75, 3.05) is 7.11 Å². The van der Waals surface area contributed by atoms with Gasteiger partial charge in [-0.15, -0.1) is 0 Å². The summed E-state index contributed by atoms with van der Waals surface area (Å²) in [5.41, 5.74) is 0. The highest BCUT2D eigenvalue weighted by Crippen LogP contribution is 2.29. The molecule has 0 heterocycles. The maximum atomic E-state index is 11.7. The summed E-state index contributed by atoms with van der Waals surface area (Å²) in [4.78, 5) is 46.1. The molecule has 3 unspecified atom stereocenters. The van der Waals surface area contributed by atoms with E-state index >= 15 is 0 Å². The Kier molecular flexibility index (Phi) is 15.5. The van der Waals surface area contributed by atoms with Gasteiger partial charge in [-0.3, -0.25) is 19.2 Å². The van der Waals surface area contributed by atoms with Crippen LogP contribution in [-0.4, -0.2) is 46.3 Å². The maximum absolute atomic E-state index is 11.7. The summed E-state index contributed by atoms with van der Waals surface area (Å²) in [7, 11) is 1.34. The van der Waals surface area contributed by atoms with Crippen molar-refractivity contribution in [2.45, 2.75) is 90.4 Å². The fraction of sp³-hybridized carbons (Fsp3) is 0.818. The number of hydrogen-bond donors (Lipinski definition) is 3. The Bertz CT molecular complexity index is 531. The van der Waals surface area contributed by atoms with Crippen molar-refractivity contribution in [3.8, 4) is 0 Å². The lowest BCUT2D eigenvalue weighted by Crippen LogP contribution is -2.33. The number of carboxylic acids is 3. The Morgan fingerprint density at radius 3 is 1.77 bits per heavy atom. The number of esters is 1. The molecule has 8 heteroatoms. The largest absolute Gasteiger partial charge is 0.481 e. The fourth-order valence-corrected chi connectivity index (χ4v) is 3.67. The summed E-state index contributed by atoms with van der Waals surface area (Å²) in [6.07, 6.45) is 7.95. The van der Waals surface area contributed by atoms with Crippen molar-refractivity contribution in [2.24, 2.45) is 17.8 Å². The number of hydrogen-bond acceptors (Lipinski definition) is 5. The molecule has 0 aromatic heterocycles. The minimum Gasteiger partial charge on any atom is -0.481 e. The zero-order chi connectivity index (χ0) is 22.9. The summed E-state index contributed by atoms with van der Waals surface area (Å²) in [6, 6.07) is 0. The molecule has 0 rings (SSSR count). The monoisotopic (exact) mass is 430 g/mol. The Morgan fingerprint density at radius 1 is 0.700 bits per heavy atom. The first-order chi connectivity index (χ1) is 14.2. The Morgan fingerprint density at radius 2 is 1.23 bits per heavy atom. The van der Waals surface area contributed by atoms with Gasteiger partial charge in [0.05, 0.1) is 24.9 Å². The second kappa shape index (κ2) is 16.7. The first kappa shape index (κ1) is 27.9. The van der Waals surface area contributed by atoms with Gasteiger partial charge in [-0.2, -0.15) is 0 Å². The van der Waals surface area contributed by atoms with Crippen molar-refractivity contribution < 1.29 is 39.2 Å². The second-order valence-corrected chi connectivity index (χ2v) is 7.89. The molecule has 0 spiro atoms. The van der Waals surface area contributed by atoms with Gasteiger partial charge in [-0.25, -0.2) is 0 Å². The van der Waals surface area contributed by atoms with Crippen LogP contribution in [0.1, 0.15) is 90.4 Å². The molecule has 0 amide bonds. The van der Waals surface area contributed by atoms with Gasteiger partial charge in [-0.05, 0) is 25.7 Å². The summed E-state index contributed by atoms with van der Waals surface area (Å²) >= 11 is 0. The summed E-state index contributed by atoms with van der Waals surface area (Å²) < 4.78 is 4.57. The number of aliphatic carboxylic acids is 3. The average molecular weight is 431 g/mol. The SMILES string of the molecule is CCCCCCC(CC(C(=O)O)C(CCCCCCCC(=O)OC)C(=O)O)C(=O)O. The molecule has 0 aromatic carbocycles. The quantitative estimate of drug-likeness (QED) is 0.203. The highest BCUT2D eigenvalue weighted by molar-refractivity contribution is 5.81. The van der Waals surface area contributed by atoms with Crippen LogP contribution in [0.15, 0.2) is 0 Å². The molecule has 0 saturated heterocycles. The smallest absolute Gasteiger partial charge is 0.307 e. The van der Waals surface area contributed by atoms with E-state index in [0.717, 1.165) is 38.5 Å². The molecule has 30 heavy (non-hydrogen) atoms. The highest BCUT2D eigenvalue weighted by Gasteiger charge is 2.36. The second-order valence-electron chi connectivity index (χ2n) is 7.89. The van der Waals surface area contributed by atoms with Crippen LogP contribution in [0.2, 0.25) is 0 Å². The molecule has 0 bridgehead atoms. The number of carbonyl (C=O) groups is 4. The van der Waals surface area contributed by atoms with Crippen molar-refractivity contribution >= 4 is 23.9 Å². The molecule has 0 aliphatic carbocycles. The zero-order valence-electron chi connectivity index (χ0n) is 18.3. The topological polar surface area (TPSA) is 138 Å². The van der Waals surface area contributed by atoms with Gasteiger partial charge >= 0.3 is 23.9 Å². The predicted octanol–water partition coefficient (Wildman–Crippen LogP) is 4.35. The Balaban J connectivity index is 4.67. The van der Waals surface area contributed by atoms with E-state index in [-0.39, 0.29) is 18.8 Å². The third-order valence-corrected chi connectivity index (χ3v) is 5.54. The molecule has 0 aromatic rings. The van der Waals surface area contributed by atoms with E-state index in [0.29, 0.717) is 32.1 Å². The lowest BCUT2D eigenvalue weighted by molar-refractivity contribution is -0.156. The molecule has 0 radical (unpaired) electrons. The molecule has 8 nitrogen and oxygen atoms in total. The minimum absolute atomic E-state index is 0.160. The van der Waals surface area contributed by atoms with E-state index in [9.17, 15) is 34.5 Å². The van der Waals surface area contributed by atoms with Crippen LogP contribution in [-0.2, 0) is 23.9 Å². The van der Waals surface area contributed by atoms with E-state index in [1.54, 1.807) is 0 Å². The standard InChI is InChI=1S/C22H38O8/c1-3-4-5-9-12-16(20(24)25)15-18(22(28)29)17(21(26)27)13-10-7-6-8-11-14-19(23)30-2/h16-18H,3-15H2,1-2H3,(H,24,25)(H,26,27)(H,28,29). The zero-order valence-corrected chi connectivity index (χ0v) is 18.3. The van der Waals surface area contributed by atoms with Crippen LogP contribution in [0.5, 0.6) is 0 Å². The molecule has 174 valence electrons. The number of carbonyl (C=O) groups excluding carboxylic acids is 1. The number of unbranched alkanes of at least 4 members (excludes halogenated alkanes) is 7. The van der Waals surface area contributed by atoms with E-state index in [1.165, 1.54) is 7.11 Å². The summed E-state index contributed by atoms with van der Waals surface area (Å²) in [5, 5.41) is 28.6. The van der Waals surface area contributed by atoms with Gasteiger partial charge in [-0.1, -0.05) is 58.3 Å². The predicted molar refractivity (Wildman–Crippen MR) is 111 cm³/mol. The summed E-state index contributed by atoms with van der Waals surface area (Å²) in [5.74, 6) is -6.92. The van der Waals surface area contributed by atoms with Crippen LogP contribution >= 0.6 is 0 Å². The van der Waals surface area contributed by atoms with Crippen LogP contribution in [0.25, 0.3) is 0 Å². The number of rotatable bonds is 19. The Hall–Kier alpha value is -2.12. The van der Waals surface area contributed by atoms with Gasteiger partial charge in [0, 0.05) is 6.42 Å². The van der Waals surface area contributed by atoms with Gasteiger partial charge < -0.3 is 20.1 Å². The number of methoxy groups -OCH3 is 1. The molecule has 0 aliphatic rings. The minimum atomic E-state index is -1.25. The first-order valence-corrected chi connectivity index (χ1v) is 11.0. The highest BCUT2D eigenvalue weighted by atomic mass is 16.5. The van der Waals surface area contributed by atoms with Gasteiger partial charge in [0.2, 0.25) is 0 Å². The molecule has 0 fully saturated rings. The van der Waals surface area contributed by atoms with Gasteiger partial charge in [0.1, 0.15) is 0 Å². The normalized spacial score (nSPS) is 13.9. The van der Waals surface area contributed by atoms with Gasteiger partial charge in [0.25, 0.3) is 0 Å². The lowest BCUT2D eigenvalue weighted by atomic mass is 9.80. The number of carboxylic acid groups (broad SMARTS) is 3. The summed E-state index contributed by atoms with van der Waals surface area (Å²) in [6.45, 7) is 2.05. The van der Waals surface area contributed by atoms with Crippen LogP contribution in [0, 0.1) is 17.8 Å². The molecular formula is C22H38O8. The Labute approximate surface area is 179 Å². The van der Waals surface area contributed by atoms with Crippen LogP contribution in [0.3, 0.4) is 0 Å². The third-order valence-electron chi connectivity index (χ3n) is 5.54. The maximum Gasteiger partial charge on any atom is 0.307 e. The average Bonchev–Trinajstić information content (AvgIpc) is 2.69. The van der Waals surface area contributed by atoms with Gasteiger partial charge in [0.15, 0.2) is 0 Å². The van der Waals surface area contributed by atoms with Crippen molar-refractivity contribution in [1.82, 2.24) is 0 Å². The first-order valence-electron chi connectivity index (χ1n) is 11.0. The third kappa shape index (κ3) is 12.4. The van der Waals surface area contributed by atoms with Crippen LogP contribution in [0.4, 0.5) is 0 Å². The lowest BCUT2D eigenvalue weighted by Gasteiger charge is -2.23. The van der Waals surface area contributed by atoms with Crippen LogP contribution < -0.4 is 0 Å². The van der Waals surface area contributed by atoms with Crippen molar-refractivity contribution in [1.29, 1.82) is 0 Å².